The van der Waals surface area contributed by atoms with E-state index >= 15 is 0 Å². The lowest BCUT2D eigenvalue weighted by atomic mass is 10.1. The summed E-state index contributed by atoms with van der Waals surface area (Å²) in [5, 5.41) is 2.53. The molecule has 1 heterocycles. The first-order valence-electron chi connectivity index (χ1n) is 8.89. The number of carbonyl (C=O) groups excluding carboxylic acids is 1. The number of rotatable bonds is 7. The summed E-state index contributed by atoms with van der Waals surface area (Å²) in [6, 6.07) is 8.43. The maximum Gasteiger partial charge on any atom is 0.416 e. The molecule has 28 heavy (non-hydrogen) atoms. The minimum absolute atomic E-state index is 0.0129. The van der Waals surface area contributed by atoms with Crippen molar-refractivity contribution in [2.45, 2.75) is 32.4 Å². The molecule has 2 aromatic carbocycles. The van der Waals surface area contributed by atoms with Crippen LogP contribution in [0.4, 0.5) is 18.9 Å². The fraction of sp³-hybridized carbons (Fsp3) is 0.350. The lowest BCUT2D eigenvalue weighted by Crippen LogP contribution is -2.15. The Hall–Kier alpha value is -2.90. The molecule has 0 spiro atoms. The number of hydrogen-bond donors (Lipinski definition) is 1. The monoisotopic (exact) mass is 395 g/mol. The lowest BCUT2D eigenvalue weighted by molar-refractivity contribution is -0.137. The van der Waals surface area contributed by atoms with Crippen molar-refractivity contribution in [2.24, 2.45) is 0 Å². The summed E-state index contributed by atoms with van der Waals surface area (Å²) in [4.78, 5) is 12.3. The number of anilines is 1. The van der Waals surface area contributed by atoms with Gasteiger partial charge in [-0.15, -0.1) is 0 Å². The summed E-state index contributed by atoms with van der Waals surface area (Å²) >= 11 is 0. The SMILES string of the molecule is CCCOc1ccc(C(F)(F)F)cc1NC(=O)CCc1ccc2c(c1)OCO2. The Morgan fingerprint density at radius 3 is 2.68 bits per heavy atom. The summed E-state index contributed by atoms with van der Waals surface area (Å²) < 4.78 is 55.0. The highest BCUT2D eigenvalue weighted by atomic mass is 19.4. The first-order valence-corrected chi connectivity index (χ1v) is 8.89. The molecule has 2 aromatic rings. The average molecular weight is 395 g/mol. The molecule has 0 aromatic heterocycles. The van der Waals surface area contributed by atoms with Gasteiger partial charge in [0.05, 0.1) is 17.9 Å². The first-order chi connectivity index (χ1) is 13.4. The van der Waals surface area contributed by atoms with E-state index in [4.69, 9.17) is 14.2 Å². The zero-order valence-electron chi connectivity index (χ0n) is 15.3. The average Bonchev–Trinajstić information content (AvgIpc) is 3.12. The fourth-order valence-electron chi connectivity index (χ4n) is 2.71. The molecule has 0 fully saturated rings. The summed E-state index contributed by atoms with van der Waals surface area (Å²) in [6.45, 7) is 2.38. The second kappa shape index (κ2) is 8.41. The molecular formula is C20H20F3NO4. The van der Waals surface area contributed by atoms with E-state index in [-0.39, 0.29) is 24.7 Å². The molecule has 3 rings (SSSR count). The number of hydrogen-bond acceptors (Lipinski definition) is 4. The molecule has 0 atom stereocenters. The Morgan fingerprint density at radius 2 is 1.93 bits per heavy atom. The normalized spacial score (nSPS) is 12.7. The number of fused-ring (bicyclic) bond motifs is 1. The molecular weight excluding hydrogens is 375 g/mol. The maximum absolute atomic E-state index is 13.0. The van der Waals surface area contributed by atoms with Gasteiger partial charge in [-0.1, -0.05) is 13.0 Å². The molecule has 8 heteroatoms. The number of benzene rings is 2. The van der Waals surface area contributed by atoms with Crippen LogP contribution in [0.2, 0.25) is 0 Å². The van der Waals surface area contributed by atoms with Gasteiger partial charge in [-0.25, -0.2) is 0 Å². The standard InChI is InChI=1S/C20H20F3NO4/c1-2-9-26-16-7-5-14(20(21,22)23)11-15(16)24-19(25)8-4-13-3-6-17-18(10-13)28-12-27-17/h3,5-7,10-11H,2,4,8-9,12H2,1H3,(H,24,25). The van der Waals surface area contributed by atoms with Gasteiger partial charge in [0.2, 0.25) is 12.7 Å². The molecule has 1 aliphatic heterocycles. The van der Waals surface area contributed by atoms with E-state index in [1.807, 2.05) is 13.0 Å². The third-order valence-corrected chi connectivity index (χ3v) is 4.12. The van der Waals surface area contributed by atoms with E-state index in [1.54, 1.807) is 12.1 Å². The predicted octanol–water partition coefficient (Wildman–Crippen LogP) is 4.79. The second-order valence-corrected chi connectivity index (χ2v) is 6.29. The largest absolute Gasteiger partial charge is 0.491 e. The van der Waals surface area contributed by atoms with Gasteiger partial charge in [0.25, 0.3) is 0 Å². The predicted molar refractivity (Wildman–Crippen MR) is 96.7 cm³/mol. The minimum Gasteiger partial charge on any atom is -0.491 e. The van der Waals surface area contributed by atoms with Crippen LogP contribution in [0.5, 0.6) is 17.2 Å². The minimum atomic E-state index is -4.50. The van der Waals surface area contributed by atoms with Crippen LogP contribution >= 0.6 is 0 Å². The van der Waals surface area contributed by atoms with Crippen LogP contribution in [0.25, 0.3) is 0 Å². The fourth-order valence-corrected chi connectivity index (χ4v) is 2.71. The van der Waals surface area contributed by atoms with E-state index in [9.17, 15) is 18.0 Å². The summed E-state index contributed by atoms with van der Waals surface area (Å²) in [5.74, 6) is 1.07. The first kappa shape index (κ1) is 19.9. The number of amides is 1. The number of aryl methyl sites for hydroxylation is 1. The van der Waals surface area contributed by atoms with Gasteiger partial charge < -0.3 is 19.5 Å². The quantitative estimate of drug-likeness (QED) is 0.732. The zero-order chi connectivity index (χ0) is 20.1. The van der Waals surface area contributed by atoms with Crippen molar-refractivity contribution in [1.29, 1.82) is 0 Å². The molecule has 0 saturated carbocycles. The highest BCUT2D eigenvalue weighted by Crippen LogP contribution is 2.35. The van der Waals surface area contributed by atoms with Crippen LogP contribution in [-0.2, 0) is 17.4 Å². The van der Waals surface area contributed by atoms with Gasteiger partial charge in [-0.2, -0.15) is 13.2 Å². The van der Waals surface area contributed by atoms with Crippen molar-refractivity contribution in [3.8, 4) is 17.2 Å². The molecule has 1 N–H and O–H groups in total. The molecule has 0 unspecified atom stereocenters. The van der Waals surface area contributed by atoms with Crippen molar-refractivity contribution in [1.82, 2.24) is 0 Å². The van der Waals surface area contributed by atoms with Gasteiger partial charge in [0.15, 0.2) is 11.5 Å². The van der Waals surface area contributed by atoms with E-state index < -0.39 is 17.6 Å². The second-order valence-electron chi connectivity index (χ2n) is 6.29. The molecule has 0 radical (unpaired) electrons. The number of nitrogens with one attached hydrogen (secondary N) is 1. The van der Waals surface area contributed by atoms with Crippen LogP contribution in [0.1, 0.15) is 30.9 Å². The molecule has 150 valence electrons. The molecule has 5 nitrogen and oxygen atoms in total. The Kier molecular flexibility index (Phi) is 5.96. The van der Waals surface area contributed by atoms with E-state index in [2.05, 4.69) is 5.32 Å². The third-order valence-electron chi connectivity index (χ3n) is 4.12. The van der Waals surface area contributed by atoms with Crippen molar-refractivity contribution in [3.63, 3.8) is 0 Å². The Balaban J connectivity index is 1.67. The van der Waals surface area contributed by atoms with Gasteiger partial charge in [0, 0.05) is 6.42 Å². The van der Waals surface area contributed by atoms with Gasteiger partial charge in [-0.05, 0) is 48.7 Å². The Morgan fingerprint density at radius 1 is 1.14 bits per heavy atom. The van der Waals surface area contributed by atoms with Crippen LogP contribution in [-0.4, -0.2) is 19.3 Å². The topological polar surface area (TPSA) is 56.8 Å². The van der Waals surface area contributed by atoms with Crippen LogP contribution in [0.3, 0.4) is 0 Å². The van der Waals surface area contributed by atoms with Crippen molar-refractivity contribution in [2.75, 3.05) is 18.7 Å². The number of ether oxygens (including phenoxy) is 3. The highest BCUT2D eigenvalue weighted by molar-refractivity contribution is 5.92. The Labute approximate surface area is 160 Å². The summed E-state index contributed by atoms with van der Waals surface area (Å²) in [7, 11) is 0. The van der Waals surface area contributed by atoms with E-state index in [0.29, 0.717) is 30.9 Å². The van der Waals surface area contributed by atoms with E-state index in [0.717, 1.165) is 17.7 Å². The summed E-state index contributed by atoms with van der Waals surface area (Å²) in [6.07, 6.45) is -3.30. The molecule has 0 bridgehead atoms. The van der Waals surface area contributed by atoms with E-state index in [1.165, 1.54) is 6.07 Å². The lowest BCUT2D eigenvalue weighted by Gasteiger charge is -2.15. The third kappa shape index (κ3) is 4.88. The van der Waals surface area contributed by atoms with Gasteiger partial charge in [-0.3, -0.25) is 4.79 Å². The molecule has 0 saturated heterocycles. The molecule has 0 aliphatic carbocycles. The number of alkyl halides is 3. The Bertz CT molecular complexity index is 852. The maximum atomic E-state index is 13.0. The highest BCUT2D eigenvalue weighted by Gasteiger charge is 2.31. The van der Waals surface area contributed by atoms with Crippen molar-refractivity contribution < 1.29 is 32.2 Å². The van der Waals surface area contributed by atoms with Crippen molar-refractivity contribution in [3.05, 3.63) is 47.5 Å². The zero-order valence-corrected chi connectivity index (χ0v) is 15.3. The van der Waals surface area contributed by atoms with Gasteiger partial charge in [0.1, 0.15) is 5.75 Å². The summed E-state index contributed by atoms with van der Waals surface area (Å²) in [5.41, 5.74) is 0.0345. The van der Waals surface area contributed by atoms with Crippen LogP contribution in [0, 0.1) is 0 Å². The van der Waals surface area contributed by atoms with Crippen LogP contribution in [0.15, 0.2) is 36.4 Å². The number of halogens is 3. The van der Waals surface area contributed by atoms with Crippen LogP contribution < -0.4 is 19.5 Å². The number of carbonyl (C=O) groups is 1. The van der Waals surface area contributed by atoms with Gasteiger partial charge >= 0.3 is 6.18 Å². The van der Waals surface area contributed by atoms with Crippen molar-refractivity contribution >= 4 is 11.6 Å². The smallest absolute Gasteiger partial charge is 0.416 e. The molecule has 1 amide bonds. The molecule has 1 aliphatic rings.